The minimum absolute atomic E-state index is 0.409. The van der Waals surface area contributed by atoms with Crippen molar-refractivity contribution in [1.29, 1.82) is 0 Å². The lowest BCUT2D eigenvalue weighted by Gasteiger charge is -2.15. The number of anilines is 5. The number of rotatable bonds is 4. The van der Waals surface area contributed by atoms with Gasteiger partial charge in [-0.3, -0.25) is 4.98 Å². The van der Waals surface area contributed by atoms with Crippen LogP contribution in [0.2, 0.25) is 5.02 Å². The molecule has 0 saturated heterocycles. The van der Waals surface area contributed by atoms with Crippen molar-refractivity contribution in [3.8, 4) is 0 Å². The maximum absolute atomic E-state index is 6.34. The Labute approximate surface area is 167 Å². The van der Waals surface area contributed by atoms with Crippen LogP contribution in [0.15, 0.2) is 54.9 Å². The van der Waals surface area contributed by atoms with E-state index in [4.69, 9.17) is 17.3 Å². The highest BCUT2D eigenvalue weighted by atomic mass is 35.5. The van der Waals surface area contributed by atoms with Gasteiger partial charge < -0.3 is 16.4 Å². The maximum atomic E-state index is 6.34. The third-order valence-electron chi connectivity index (χ3n) is 4.45. The average molecular weight is 391 g/mol. The molecule has 0 aliphatic rings. The Kier molecular flexibility index (Phi) is 4.71. The number of nitrogens with zero attached hydrogens (tertiary/aromatic N) is 3. The number of para-hydroxylation sites is 1. The molecule has 0 aliphatic heterocycles. The molecule has 4 N–H and O–H groups in total. The van der Waals surface area contributed by atoms with Crippen molar-refractivity contribution >= 4 is 51.2 Å². The van der Waals surface area contributed by atoms with E-state index in [9.17, 15) is 0 Å². The molecule has 0 atom stereocenters. The first kappa shape index (κ1) is 18.0. The van der Waals surface area contributed by atoms with E-state index in [1.165, 1.54) is 6.33 Å². The molecule has 2 aromatic heterocycles. The van der Waals surface area contributed by atoms with Crippen LogP contribution in [0.1, 0.15) is 11.3 Å². The van der Waals surface area contributed by atoms with Gasteiger partial charge in [-0.15, -0.1) is 0 Å². The highest BCUT2D eigenvalue weighted by Gasteiger charge is 2.12. The molecular formula is C21H19ClN6. The van der Waals surface area contributed by atoms with E-state index < -0.39 is 0 Å². The summed E-state index contributed by atoms with van der Waals surface area (Å²) in [4.78, 5) is 13.2. The molecule has 0 spiro atoms. The van der Waals surface area contributed by atoms with E-state index in [0.29, 0.717) is 22.3 Å². The summed E-state index contributed by atoms with van der Waals surface area (Å²) in [5.41, 5.74) is 11.3. The number of hydrogen-bond acceptors (Lipinski definition) is 6. The zero-order valence-corrected chi connectivity index (χ0v) is 16.2. The first-order valence-electron chi connectivity index (χ1n) is 8.78. The molecule has 28 heavy (non-hydrogen) atoms. The number of nitrogen functional groups attached to an aromatic ring is 1. The van der Waals surface area contributed by atoms with Gasteiger partial charge in [-0.25, -0.2) is 9.97 Å². The van der Waals surface area contributed by atoms with Crippen LogP contribution in [0.3, 0.4) is 0 Å². The molecule has 7 heteroatoms. The fraction of sp³-hybridized carbons (Fsp3) is 0.0952. The normalized spacial score (nSPS) is 10.8. The van der Waals surface area contributed by atoms with Crippen LogP contribution in [-0.4, -0.2) is 15.0 Å². The monoisotopic (exact) mass is 390 g/mol. The van der Waals surface area contributed by atoms with Crippen molar-refractivity contribution in [2.24, 2.45) is 0 Å². The van der Waals surface area contributed by atoms with E-state index in [1.807, 2.05) is 62.4 Å². The molecule has 0 unspecified atom stereocenters. The number of hydrogen-bond donors (Lipinski definition) is 3. The molecule has 0 aliphatic carbocycles. The van der Waals surface area contributed by atoms with E-state index in [2.05, 4.69) is 25.6 Å². The van der Waals surface area contributed by atoms with Crippen molar-refractivity contribution in [1.82, 2.24) is 15.0 Å². The molecular weight excluding hydrogens is 372 g/mol. The van der Waals surface area contributed by atoms with Gasteiger partial charge in [0, 0.05) is 21.8 Å². The molecule has 0 radical (unpaired) electrons. The summed E-state index contributed by atoms with van der Waals surface area (Å²) in [5, 5.41) is 8.20. The first-order valence-corrected chi connectivity index (χ1v) is 9.16. The van der Waals surface area contributed by atoms with Crippen LogP contribution < -0.4 is 16.4 Å². The number of nitrogens with two attached hydrogens (primary N) is 1. The van der Waals surface area contributed by atoms with Crippen LogP contribution >= 0.6 is 11.6 Å². The molecule has 2 aromatic carbocycles. The van der Waals surface area contributed by atoms with Gasteiger partial charge in [0.05, 0.1) is 11.2 Å². The van der Waals surface area contributed by atoms with Gasteiger partial charge >= 0.3 is 0 Å². The van der Waals surface area contributed by atoms with Crippen molar-refractivity contribution < 1.29 is 0 Å². The molecule has 0 saturated carbocycles. The quantitative estimate of drug-likeness (QED) is 0.434. The zero-order valence-electron chi connectivity index (χ0n) is 15.5. The second kappa shape index (κ2) is 7.32. The largest absolute Gasteiger partial charge is 0.393 e. The van der Waals surface area contributed by atoms with Gasteiger partial charge in [-0.2, -0.15) is 0 Å². The predicted molar refractivity (Wildman–Crippen MR) is 116 cm³/mol. The number of aromatic nitrogens is 3. The summed E-state index contributed by atoms with van der Waals surface area (Å²) in [6.07, 6.45) is 1.46. The fourth-order valence-corrected chi connectivity index (χ4v) is 3.10. The summed E-state index contributed by atoms with van der Waals surface area (Å²) in [7, 11) is 0. The summed E-state index contributed by atoms with van der Waals surface area (Å²) in [6.45, 7) is 3.95. The standard InChI is InChI=1S/C21H19ClN6/c1-12-6-9-15(22)10-17(12)28-21-18(23)20(24-11-25-21)27-16-5-3-4-14-8-7-13(2)26-19(14)16/h3-11H,23H2,1-2H3,(H2,24,25,27,28). The van der Waals surface area contributed by atoms with E-state index in [1.54, 1.807) is 0 Å². The topological polar surface area (TPSA) is 88.8 Å². The summed E-state index contributed by atoms with van der Waals surface area (Å²) >= 11 is 6.11. The summed E-state index contributed by atoms with van der Waals surface area (Å²) in [5.74, 6) is 1.01. The first-order chi connectivity index (χ1) is 13.5. The minimum Gasteiger partial charge on any atom is -0.393 e. The van der Waals surface area contributed by atoms with Crippen molar-refractivity contribution in [3.63, 3.8) is 0 Å². The lowest BCUT2D eigenvalue weighted by atomic mass is 10.1. The van der Waals surface area contributed by atoms with Crippen LogP contribution in [0, 0.1) is 13.8 Å². The van der Waals surface area contributed by atoms with E-state index in [-0.39, 0.29) is 0 Å². The lowest BCUT2D eigenvalue weighted by Crippen LogP contribution is -2.06. The Morgan fingerprint density at radius 3 is 2.43 bits per heavy atom. The third-order valence-corrected chi connectivity index (χ3v) is 4.68. The number of halogens is 1. The molecule has 140 valence electrons. The number of pyridine rings is 1. The number of benzene rings is 2. The summed E-state index contributed by atoms with van der Waals surface area (Å²) in [6, 6.07) is 15.6. The van der Waals surface area contributed by atoms with Gasteiger partial charge in [-0.1, -0.05) is 35.9 Å². The molecule has 4 rings (SSSR count). The number of nitrogens with one attached hydrogen (secondary N) is 2. The lowest BCUT2D eigenvalue weighted by molar-refractivity contribution is 1.17. The SMILES string of the molecule is Cc1ccc2cccc(Nc3ncnc(Nc4cc(Cl)ccc4C)c3N)c2n1. The van der Waals surface area contributed by atoms with Crippen molar-refractivity contribution in [3.05, 3.63) is 71.1 Å². The van der Waals surface area contributed by atoms with Gasteiger partial charge in [0.25, 0.3) is 0 Å². The van der Waals surface area contributed by atoms with Gasteiger partial charge in [0.2, 0.25) is 0 Å². The second-order valence-electron chi connectivity index (χ2n) is 6.52. The predicted octanol–water partition coefficient (Wildman–Crippen LogP) is 5.36. The van der Waals surface area contributed by atoms with Crippen molar-refractivity contribution in [2.45, 2.75) is 13.8 Å². The summed E-state index contributed by atoms with van der Waals surface area (Å²) < 4.78 is 0. The molecule has 0 bridgehead atoms. The van der Waals surface area contributed by atoms with Gasteiger partial charge in [0.1, 0.15) is 12.0 Å². The highest BCUT2D eigenvalue weighted by Crippen LogP contribution is 2.32. The smallest absolute Gasteiger partial charge is 0.159 e. The second-order valence-corrected chi connectivity index (χ2v) is 6.96. The number of fused-ring (bicyclic) bond motifs is 1. The molecule has 2 heterocycles. The Morgan fingerprint density at radius 2 is 1.64 bits per heavy atom. The zero-order chi connectivity index (χ0) is 19.7. The molecule has 0 fully saturated rings. The van der Waals surface area contributed by atoms with Crippen molar-refractivity contribution in [2.75, 3.05) is 16.4 Å². The van der Waals surface area contributed by atoms with Crippen LogP contribution in [0.5, 0.6) is 0 Å². The molecule has 6 nitrogen and oxygen atoms in total. The Morgan fingerprint density at radius 1 is 0.893 bits per heavy atom. The minimum atomic E-state index is 0.409. The van der Waals surface area contributed by atoms with Crippen LogP contribution in [0.25, 0.3) is 10.9 Å². The van der Waals surface area contributed by atoms with Gasteiger partial charge in [0.15, 0.2) is 11.6 Å². The van der Waals surface area contributed by atoms with Crippen LogP contribution in [-0.2, 0) is 0 Å². The molecule has 0 amide bonds. The average Bonchev–Trinajstić information content (AvgIpc) is 2.68. The third kappa shape index (κ3) is 3.54. The van der Waals surface area contributed by atoms with E-state index >= 15 is 0 Å². The fourth-order valence-electron chi connectivity index (χ4n) is 2.92. The number of aryl methyl sites for hydroxylation is 2. The Bertz CT molecular complexity index is 1170. The van der Waals surface area contributed by atoms with Gasteiger partial charge in [-0.05, 0) is 43.7 Å². The highest BCUT2D eigenvalue weighted by molar-refractivity contribution is 6.30. The Hall–Kier alpha value is -3.38. The molecule has 4 aromatic rings. The van der Waals surface area contributed by atoms with Crippen LogP contribution in [0.4, 0.5) is 28.7 Å². The Balaban J connectivity index is 1.70. The van der Waals surface area contributed by atoms with E-state index in [0.717, 1.165) is 33.5 Å². The maximum Gasteiger partial charge on any atom is 0.159 e.